The maximum Gasteiger partial charge on any atom is 0.191 e. The van der Waals surface area contributed by atoms with Crippen LogP contribution in [0.25, 0.3) is 0 Å². The quantitative estimate of drug-likeness (QED) is 0.648. The highest BCUT2D eigenvalue weighted by atomic mass is 32.2. The molecule has 1 aromatic heterocycles. The number of thioether (sulfide) groups is 1. The first-order valence-electron chi connectivity index (χ1n) is 7.44. The second kappa shape index (κ2) is 7.33. The lowest BCUT2D eigenvalue weighted by Gasteiger charge is -2.05. The minimum Gasteiger partial charge on any atom is -0.497 e. The van der Waals surface area contributed by atoms with Crippen LogP contribution in [0.5, 0.6) is 5.75 Å². The Kier molecular flexibility index (Phi) is 4.98. The number of hydrogen-bond donors (Lipinski definition) is 0. The zero-order chi connectivity index (χ0) is 16.1. The zero-order valence-corrected chi connectivity index (χ0v) is 14.1. The van der Waals surface area contributed by atoms with E-state index < -0.39 is 0 Å². The Bertz CT molecular complexity index is 771. The van der Waals surface area contributed by atoms with Crippen LogP contribution in [0.4, 0.5) is 0 Å². The number of aromatic nitrogens is 3. The molecule has 3 rings (SSSR count). The molecule has 0 aliphatic carbocycles. The Morgan fingerprint density at radius 2 is 1.78 bits per heavy atom. The fourth-order valence-corrected chi connectivity index (χ4v) is 3.19. The molecule has 0 spiro atoms. The van der Waals surface area contributed by atoms with E-state index in [1.807, 2.05) is 43.4 Å². The second-order valence-electron chi connectivity index (χ2n) is 5.26. The molecule has 0 fully saturated rings. The van der Waals surface area contributed by atoms with Gasteiger partial charge in [-0.05, 0) is 23.3 Å². The van der Waals surface area contributed by atoms with Crippen LogP contribution < -0.4 is 4.74 Å². The summed E-state index contributed by atoms with van der Waals surface area (Å²) in [5.74, 6) is 2.70. The molecule has 0 radical (unpaired) electrons. The lowest BCUT2D eigenvalue weighted by atomic mass is 10.1. The summed E-state index contributed by atoms with van der Waals surface area (Å²) in [5, 5.41) is 9.57. The third kappa shape index (κ3) is 3.93. The molecule has 0 atom stereocenters. The molecule has 0 amide bonds. The van der Waals surface area contributed by atoms with Gasteiger partial charge in [-0.25, -0.2) is 0 Å². The van der Waals surface area contributed by atoms with Crippen LogP contribution in [0.15, 0.2) is 59.8 Å². The molecule has 5 heteroatoms. The van der Waals surface area contributed by atoms with Gasteiger partial charge in [0, 0.05) is 19.2 Å². The molecular formula is C18H19N3OS. The number of nitrogens with zero attached hydrogens (tertiary/aromatic N) is 3. The van der Waals surface area contributed by atoms with E-state index in [1.165, 1.54) is 11.1 Å². The third-order valence-corrected chi connectivity index (χ3v) is 4.72. The van der Waals surface area contributed by atoms with Crippen LogP contribution in [0.2, 0.25) is 0 Å². The monoisotopic (exact) mass is 325 g/mol. The highest BCUT2D eigenvalue weighted by molar-refractivity contribution is 7.98. The maximum atomic E-state index is 5.26. The Morgan fingerprint density at radius 1 is 1.00 bits per heavy atom. The third-order valence-electron chi connectivity index (χ3n) is 3.63. The molecule has 0 unspecified atom stereocenters. The van der Waals surface area contributed by atoms with Gasteiger partial charge in [0.25, 0.3) is 0 Å². The summed E-state index contributed by atoms with van der Waals surface area (Å²) in [6, 6.07) is 18.4. The lowest BCUT2D eigenvalue weighted by molar-refractivity contribution is 0.414. The van der Waals surface area contributed by atoms with E-state index in [0.717, 1.165) is 28.9 Å². The van der Waals surface area contributed by atoms with Gasteiger partial charge >= 0.3 is 0 Å². The number of ether oxygens (including phenoxy) is 1. The van der Waals surface area contributed by atoms with Gasteiger partial charge in [-0.1, -0.05) is 54.2 Å². The van der Waals surface area contributed by atoms with Crippen LogP contribution in [-0.4, -0.2) is 21.9 Å². The first-order chi connectivity index (χ1) is 11.3. The fourth-order valence-electron chi connectivity index (χ4n) is 2.31. The van der Waals surface area contributed by atoms with E-state index in [4.69, 9.17) is 4.74 Å². The van der Waals surface area contributed by atoms with E-state index in [-0.39, 0.29) is 0 Å². The highest BCUT2D eigenvalue weighted by Gasteiger charge is 2.10. The average Bonchev–Trinajstić information content (AvgIpc) is 2.94. The average molecular weight is 325 g/mol. The predicted molar refractivity (Wildman–Crippen MR) is 92.8 cm³/mol. The number of methoxy groups -OCH3 is 1. The van der Waals surface area contributed by atoms with Crippen molar-refractivity contribution in [2.75, 3.05) is 7.11 Å². The summed E-state index contributed by atoms with van der Waals surface area (Å²) in [4.78, 5) is 0. The Hall–Kier alpha value is -2.27. The molecule has 4 nitrogen and oxygen atoms in total. The summed E-state index contributed by atoms with van der Waals surface area (Å²) in [6.07, 6.45) is 0.796. The van der Waals surface area contributed by atoms with Crippen LogP contribution in [-0.2, 0) is 19.2 Å². The van der Waals surface area contributed by atoms with Crippen molar-refractivity contribution in [3.05, 3.63) is 71.5 Å². The Labute approximate surface area is 140 Å². The largest absolute Gasteiger partial charge is 0.497 e. The molecule has 0 N–H and O–H groups in total. The van der Waals surface area contributed by atoms with Gasteiger partial charge in [0.05, 0.1) is 7.11 Å². The van der Waals surface area contributed by atoms with Gasteiger partial charge in [0.2, 0.25) is 0 Å². The van der Waals surface area contributed by atoms with Crippen molar-refractivity contribution in [3.63, 3.8) is 0 Å². The van der Waals surface area contributed by atoms with Gasteiger partial charge < -0.3 is 9.30 Å². The van der Waals surface area contributed by atoms with E-state index >= 15 is 0 Å². The molecule has 1 heterocycles. The zero-order valence-electron chi connectivity index (χ0n) is 13.3. The lowest BCUT2D eigenvalue weighted by Crippen LogP contribution is -2.00. The van der Waals surface area contributed by atoms with Crippen LogP contribution in [0.3, 0.4) is 0 Å². The van der Waals surface area contributed by atoms with E-state index in [2.05, 4.69) is 33.0 Å². The molecule has 23 heavy (non-hydrogen) atoms. The molecular weight excluding hydrogens is 306 g/mol. The smallest absolute Gasteiger partial charge is 0.191 e. The van der Waals surface area contributed by atoms with Crippen molar-refractivity contribution < 1.29 is 4.74 Å². The molecule has 118 valence electrons. The first-order valence-corrected chi connectivity index (χ1v) is 8.43. The topological polar surface area (TPSA) is 39.9 Å². The van der Waals surface area contributed by atoms with Gasteiger partial charge in [0.1, 0.15) is 11.6 Å². The van der Waals surface area contributed by atoms with E-state index in [1.54, 1.807) is 18.9 Å². The van der Waals surface area contributed by atoms with Crippen LogP contribution in [0.1, 0.15) is 17.0 Å². The number of hydrogen-bond acceptors (Lipinski definition) is 4. The fraction of sp³-hybridized carbons (Fsp3) is 0.222. The Balaban J connectivity index is 1.67. The summed E-state index contributed by atoms with van der Waals surface area (Å²) in [5.41, 5.74) is 2.45. The standard InChI is InChI=1S/C18H19N3OS/c1-21-17(12-14-7-4-3-5-8-14)19-20-18(21)23-13-15-9-6-10-16(11-15)22-2/h3-11H,12-13H2,1-2H3. The van der Waals surface area contributed by atoms with E-state index in [0.29, 0.717) is 0 Å². The molecule has 0 saturated heterocycles. The van der Waals surface area contributed by atoms with Crippen molar-refractivity contribution in [2.24, 2.45) is 7.05 Å². The van der Waals surface area contributed by atoms with Crippen LogP contribution >= 0.6 is 11.8 Å². The Morgan fingerprint density at radius 3 is 2.57 bits per heavy atom. The van der Waals surface area contributed by atoms with Gasteiger partial charge in [-0.15, -0.1) is 10.2 Å². The summed E-state index contributed by atoms with van der Waals surface area (Å²) < 4.78 is 7.33. The second-order valence-corrected chi connectivity index (χ2v) is 6.20. The van der Waals surface area contributed by atoms with Crippen LogP contribution in [0, 0.1) is 0 Å². The van der Waals surface area contributed by atoms with Gasteiger partial charge in [-0.3, -0.25) is 0 Å². The number of rotatable bonds is 6. The molecule has 0 bridgehead atoms. The summed E-state index contributed by atoms with van der Waals surface area (Å²) >= 11 is 1.68. The minimum atomic E-state index is 0.796. The summed E-state index contributed by atoms with van der Waals surface area (Å²) in [7, 11) is 3.71. The SMILES string of the molecule is COc1cccc(CSc2nnc(Cc3ccccc3)n2C)c1. The van der Waals surface area contributed by atoms with Crippen molar-refractivity contribution >= 4 is 11.8 Å². The molecule has 0 aliphatic heterocycles. The van der Waals surface area contributed by atoms with Crippen molar-refractivity contribution in [1.82, 2.24) is 14.8 Å². The molecule has 0 aliphatic rings. The maximum absolute atomic E-state index is 5.26. The molecule has 0 saturated carbocycles. The summed E-state index contributed by atoms with van der Waals surface area (Å²) in [6.45, 7) is 0. The van der Waals surface area contributed by atoms with Crippen molar-refractivity contribution in [3.8, 4) is 5.75 Å². The van der Waals surface area contributed by atoms with Crippen molar-refractivity contribution in [2.45, 2.75) is 17.3 Å². The number of benzene rings is 2. The van der Waals surface area contributed by atoms with Crippen molar-refractivity contribution in [1.29, 1.82) is 0 Å². The molecule has 3 aromatic rings. The first kappa shape index (κ1) is 15.6. The molecule has 2 aromatic carbocycles. The minimum absolute atomic E-state index is 0.796. The van der Waals surface area contributed by atoms with Gasteiger partial charge in [-0.2, -0.15) is 0 Å². The van der Waals surface area contributed by atoms with Gasteiger partial charge in [0.15, 0.2) is 5.16 Å². The normalized spacial score (nSPS) is 10.7. The predicted octanol–water partition coefficient (Wildman–Crippen LogP) is 3.71. The van der Waals surface area contributed by atoms with E-state index in [9.17, 15) is 0 Å². The highest BCUT2D eigenvalue weighted by Crippen LogP contribution is 2.23.